The van der Waals surface area contributed by atoms with E-state index in [4.69, 9.17) is 4.42 Å². The van der Waals surface area contributed by atoms with E-state index in [9.17, 15) is 30.3 Å². The zero-order chi connectivity index (χ0) is 18.0. The molecule has 0 amide bonds. The van der Waals surface area contributed by atoms with Gasteiger partial charge in [-0.2, -0.15) is 0 Å². The fourth-order valence-corrected chi connectivity index (χ4v) is 3.16. The molecule has 0 atom stereocenters. The molecule has 0 saturated heterocycles. The van der Waals surface area contributed by atoms with Crippen molar-refractivity contribution in [2.45, 2.75) is 6.92 Å². The zero-order valence-electron chi connectivity index (χ0n) is 12.9. The highest BCUT2D eigenvalue weighted by Gasteiger charge is 2.21. The number of fused-ring (bicyclic) bond motifs is 3. The molecule has 3 aromatic carbocycles. The first kappa shape index (κ1) is 14.9. The number of benzene rings is 3. The third kappa shape index (κ3) is 1.89. The van der Waals surface area contributed by atoms with Gasteiger partial charge in [0.05, 0.1) is 10.8 Å². The van der Waals surface area contributed by atoms with Crippen LogP contribution in [0.4, 0.5) is 0 Å². The molecule has 0 bridgehead atoms. The molecule has 0 aliphatic rings. The first-order valence-corrected chi connectivity index (χ1v) is 7.29. The number of hydrogen-bond acceptors (Lipinski definition) is 7. The Bertz CT molecular complexity index is 1270. The molecule has 1 heterocycles. The highest BCUT2D eigenvalue weighted by molar-refractivity contribution is 6.13. The van der Waals surface area contributed by atoms with E-state index in [0.29, 0.717) is 5.56 Å². The lowest BCUT2D eigenvalue weighted by molar-refractivity contribution is 0.452. The van der Waals surface area contributed by atoms with Gasteiger partial charge < -0.3 is 29.9 Å². The fourth-order valence-electron chi connectivity index (χ4n) is 3.16. The maximum atomic E-state index is 11.7. The van der Waals surface area contributed by atoms with Crippen LogP contribution >= 0.6 is 0 Å². The van der Waals surface area contributed by atoms with Crippen LogP contribution in [0.1, 0.15) is 5.56 Å². The quantitative estimate of drug-likeness (QED) is 0.246. The number of phenols is 4. The first-order valence-electron chi connectivity index (χ1n) is 7.29. The second-order valence-corrected chi connectivity index (χ2v) is 5.85. The Balaban J connectivity index is 2.34. The summed E-state index contributed by atoms with van der Waals surface area (Å²) < 4.78 is 5.64. The summed E-state index contributed by atoms with van der Waals surface area (Å²) >= 11 is 0. The smallest absolute Gasteiger partial charge is 0.224 e. The Morgan fingerprint density at radius 2 is 1.40 bits per heavy atom. The lowest BCUT2D eigenvalue weighted by atomic mass is 10.0. The number of aryl methyl sites for hydroxylation is 1. The molecule has 0 radical (unpaired) electrons. The van der Waals surface area contributed by atoms with Crippen LogP contribution in [0.15, 0.2) is 33.5 Å². The minimum absolute atomic E-state index is 0.0275. The van der Waals surface area contributed by atoms with E-state index in [0.717, 1.165) is 6.07 Å². The minimum Gasteiger partial charge on any atom is -0.508 e. The lowest BCUT2D eigenvalue weighted by Gasteiger charge is -2.12. The van der Waals surface area contributed by atoms with Crippen molar-refractivity contribution in [1.82, 2.24) is 0 Å². The van der Waals surface area contributed by atoms with Crippen LogP contribution in [0.3, 0.4) is 0 Å². The maximum absolute atomic E-state index is 11.7. The highest BCUT2D eigenvalue weighted by Crippen LogP contribution is 2.47. The van der Waals surface area contributed by atoms with Crippen molar-refractivity contribution < 1.29 is 29.9 Å². The second kappa shape index (κ2) is 4.70. The summed E-state index contributed by atoms with van der Waals surface area (Å²) in [5.41, 5.74) is -0.176. The third-order valence-electron chi connectivity index (χ3n) is 4.25. The van der Waals surface area contributed by atoms with E-state index >= 15 is 0 Å². The van der Waals surface area contributed by atoms with Gasteiger partial charge in [0.2, 0.25) is 5.43 Å². The minimum atomic E-state index is -0.817. The maximum Gasteiger partial charge on any atom is 0.224 e. The molecule has 0 unspecified atom stereocenters. The van der Waals surface area contributed by atoms with Gasteiger partial charge >= 0.3 is 0 Å². The van der Waals surface area contributed by atoms with E-state index in [-0.39, 0.29) is 44.2 Å². The van der Waals surface area contributed by atoms with Gasteiger partial charge in [0.15, 0.2) is 5.75 Å². The van der Waals surface area contributed by atoms with Crippen LogP contribution in [-0.4, -0.2) is 25.5 Å². The van der Waals surface area contributed by atoms with Gasteiger partial charge in [-0.1, -0.05) is 0 Å². The zero-order valence-corrected chi connectivity index (χ0v) is 12.9. The summed E-state index contributed by atoms with van der Waals surface area (Å²) in [6, 6.07) is 4.74. The molecule has 7 heteroatoms. The van der Waals surface area contributed by atoms with Gasteiger partial charge in [-0.15, -0.1) is 0 Å². The summed E-state index contributed by atoms with van der Waals surface area (Å²) in [4.78, 5) is 11.7. The predicted molar refractivity (Wildman–Crippen MR) is 90.6 cm³/mol. The predicted octanol–water partition coefficient (Wildman–Crippen LogP) is 2.94. The van der Waals surface area contributed by atoms with Crippen LogP contribution in [0.25, 0.3) is 32.7 Å². The number of hydrogen-bond donors (Lipinski definition) is 5. The van der Waals surface area contributed by atoms with Gasteiger partial charge in [-0.3, -0.25) is 4.79 Å². The average Bonchev–Trinajstić information content (AvgIpc) is 2.51. The van der Waals surface area contributed by atoms with Crippen LogP contribution in [0, 0.1) is 6.92 Å². The molecule has 0 fully saturated rings. The molecular weight excluding hydrogens is 328 g/mol. The molecule has 5 N–H and O–H groups in total. The Morgan fingerprint density at radius 3 is 2.12 bits per heavy atom. The van der Waals surface area contributed by atoms with E-state index in [2.05, 4.69) is 0 Å². The van der Waals surface area contributed by atoms with Crippen molar-refractivity contribution in [3.8, 4) is 28.7 Å². The molecule has 126 valence electrons. The van der Waals surface area contributed by atoms with Crippen molar-refractivity contribution in [2.75, 3.05) is 0 Å². The Hall–Kier alpha value is -3.61. The Kier molecular flexibility index (Phi) is 2.81. The molecule has 4 aromatic rings. The molecule has 0 spiro atoms. The van der Waals surface area contributed by atoms with Crippen LogP contribution < -0.4 is 5.43 Å². The van der Waals surface area contributed by atoms with Gasteiger partial charge in [0, 0.05) is 17.5 Å². The average molecular weight is 340 g/mol. The number of aromatic hydroxyl groups is 5. The topological polar surface area (TPSA) is 131 Å². The van der Waals surface area contributed by atoms with Gasteiger partial charge in [0.25, 0.3) is 0 Å². The summed E-state index contributed by atoms with van der Waals surface area (Å²) in [7, 11) is 0. The molecule has 0 saturated carbocycles. The first-order chi connectivity index (χ1) is 11.8. The van der Waals surface area contributed by atoms with E-state index in [1.54, 1.807) is 6.92 Å². The standard InChI is InChI=1S/C18H12O7/c1-6-2-7(19)3-11-13(6)17(23)15-12(25-11)4-8-14(18(15)24)9(20)5-10(21)16(8)22/h2-5,19-20,22-24H,1H3. The number of phenolic OH excluding ortho intramolecular Hbond substituents is 4. The lowest BCUT2D eigenvalue weighted by Crippen LogP contribution is -1.98. The SMILES string of the molecule is Cc1cc(O)cc2oc3cc4c(O)c(=O)cc(O)c4c(O)c3c(O)c12. The van der Waals surface area contributed by atoms with Crippen molar-refractivity contribution in [2.24, 2.45) is 0 Å². The molecule has 0 aliphatic carbocycles. The van der Waals surface area contributed by atoms with Gasteiger partial charge in [-0.05, 0) is 24.6 Å². The largest absolute Gasteiger partial charge is 0.508 e. The van der Waals surface area contributed by atoms with Gasteiger partial charge in [0.1, 0.15) is 39.6 Å². The monoisotopic (exact) mass is 340 g/mol. The van der Waals surface area contributed by atoms with Crippen LogP contribution in [0.2, 0.25) is 0 Å². The summed E-state index contributed by atoms with van der Waals surface area (Å²) in [6.45, 7) is 1.65. The molecule has 1 aromatic heterocycles. The van der Waals surface area contributed by atoms with Gasteiger partial charge in [-0.25, -0.2) is 0 Å². The molecule has 25 heavy (non-hydrogen) atoms. The molecule has 7 nitrogen and oxygen atoms in total. The molecular formula is C18H12O7. The van der Waals surface area contributed by atoms with Crippen molar-refractivity contribution in [3.63, 3.8) is 0 Å². The summed E-state index contributed by atoms with van der Waals surface area (Å²) in [5, 5.41) is 50.8. The highest BCUT2D eigenvalue weighted by atomic mass is 16.3. The van der Waals surface area contributed by atoms with Crippen LogP contribution in [0.5, 0.6) is 28.7 Å². The summed E-state index contributed by atoms with van der Waals surface area (Å²) in [5.74, 6) is -2.10. The Labute approximate surface area is 139 Å². The normalized spacial score (nSPS) is 11.6. The van der Waals surface area contributed by atoms with E-state index in [1.807, 2.05) is 0 Å². The second-order valence-electron chi connectivity index (χ2n) is 5.85. The van der Waals surface area contributed by atoms with Crippen molar-refractivity contribution >= 4 is 32.7 Å². The van der Waals surface area contributed by atoms with E-state index in [1.165, 1.54) is 18.2 Å². The van der Waals surface area contributed by atoms with Crippen molar-refractivity contribution in [3.05, 3.63) is 40.1 Å². The van der Waals surface area contributed by atoms with E-state index < -0.39 is 22.7 Å². The molecule has 4 rings (SSSR count). The third-order valence-corrected chi connectivity index (χ3v) is 4.25. The number of rotatable bonds is 0. The van der Waals surface area contributed by atoms with Crippen LogP contribution in [-0.2, 0) is 0 Å². The summed E-state index contributed by atoms with van der Waals surface area (Å²) in [6.07, 6.45) is 0. The fraction of sp³-hybridized carbons (Fsp3) is 0.0556. The Morgan fingerprint density at radius 1 is 0.760 bits per heavy atom. The van der Waals surface area contributed by atoms with Crippen molar-refractivity contribution in [1.29, 1.82) is 0 Å². The molecule has 0 aliphatic heterocycles.